The number of aromatic nitrogens is 1. The summed E-state index contributed by atoms with van der Waals surface area (Å²) in [7, 11) is 1.44. The van der Waals surface area contributed by atoms with Gasteiger partial charge in [-0.25, -0.2) is 0 Å². The normalized spacial score (nSPS) is 9.69. The van der Waals surface area contributed by atoms with Gasteiger partial charge in [-0.05, 0) is 19.4 Å². The molecule has 0 spiro atoms. The molecule has 0 saturated heterocycles. The van der Waals surface area contributed by atoms with Crippen molar-refractivity contribution in [1.29, 1.82) is 5.26 Å². The second kappa shape index (κ2) is 2.94. The highest BCUT2D eigenvalue weighted by atomic mass is 16.3. The molecule has 0 fully saturated rings. The zero-order valence-corrected chi connectivity index (χ0v) is 7.75. The summed E-state index contributed by atoms with van der Waals surface area (Å²) in [4.78, 5) is 11.4. The molecule has 0 aliphatic carbocycles. The van der Waals surface area contributed by atoms with Crippen molar-refractivity contribution in [2.45, 2.75) is 13.8 Å². The van der Waals surface area contributed by atoms with Crippen molar-refractivity contribution in [3.8, 4) is 11.9 Å². The predicted molar refractivity (Wildman–Crippen MR) is 47.5 cm³/mol. The Kier molecular flexibility index (Phi) is 2.11. The molecular formula is C9H10N2O2. The third kappa shape index (κ3) is 1.18. The highest BCUT2D eigenvalue weighted by molar-refractivity contribution is 5.44. The molecule has 68 valence electrons. The van der Waals surface area contributed by atoms with Crippen molar-refractivity contribution in [3.63, 3.8) is 0 Å². The van der Waals surface area contributed by atoms with Crippen LogP contribution >= 0.6 is 0 Å². The van der Waals surface area contributed by atoms with Crippen molar-refractivity contribution in [2.75, 3.05) is 0 Å². The summed E-state index contributed by atoms with van der Waals surface area (Å²) in [6, 6.07) is 1.83. The fourth-order valence-electron chi connectivity index (χ4n) is 1.16. The maximum Gasteiger partial charge on any atom is 0.271 e. The average molecular weight is 178 g/mol. The highest BCUT2D eigenvalue weighted by Crippen LogP contribution is 2.18. The van der Waals surface area contributed by atoms with Crippen LogP contribution in [0.15, 0.2) is 4.79 Å². The second-order valence-corrected chi connectivity index (χ2v) is 2.92. The van der Waals surface area contributed by atoms with E-state index in [1.54, 1.807) is 13.8 Å². The first kappa shape index (κ1) is 9.33. The van der Waals surface area contributed by atoms with Gasteiger partial charge in [0.15, 0.2) is 5.88 Å². The molecule has 1 rings (SSSR count). The van der Waals surface area contributed by atoms with Crippen molar-refractivity contribution in [2.24, 2.45) is 7.05 Å². The first-order valence-electron chi connectivity index (χ1n) is 3.80. The van der Waals surface area contributed by atoms with Crippen LogP contribution in [0.4, 0.5) is 0 Å². The molecule has 4 heteroatoms. The molecule has 1 N–H and O–H groups in total. The van der Waals surface area contributed by atoms with Gasteiger partial charge in [0.2, 0.25) is 0 Å². The van der Waals surface area contributed by atoms with Gasteiger partial charge in [-0.2, -0.15) is 5.26 Å². The molecule has 0 unspecified atom stereocenters. The molecule has 4 nitrogen and oxygen atoms in total. The number of hydrogen-bond donors (Lipinski definition) is 1. The Balaban J connectivity index is 3.80. The van der Waals surface area contributed by atoms with Gasteiger partial charge in [0.1, 0.15) is 11.6 Å². The van der Waals surface area contributed by atoms with Crippen LogP contribution in [0, 0.1) is 25.2 Å². The summed E-state index contributed by atoms with van der Waals surface area (Å²) in [5.74, 6) is -0.0819. The summed E-state index contributed by atoms with van der Waals surface area (Å²) in [5, 5.41) is 18.1. The van der Waals surface area contributed by atoms with Crippen molar-refractivity contribution < 1.29 is 5.11 Å². The largest absolute Gasteiger partial charge is 0.494 e. The molecule has 1 aromatic heterocycles. The number of rotatable bonds is 0. The van der Waals surface area contributed by atoms with Crippen molar-refractivity contribution >= 4 is 0 Å². The van der Waals surface area contributed by atoms with Crippen LogP contribution < -0.4 is 5.56 Å². The Morgan fingerprint density at radius 1 is 1.38 bits per heavy atom. The van der Waals surface area contributed by atoms with Gasteiger partial charge >= 0.3 is 0 Å². The lowest BCUT2D eigenvalue weighted by atomic mass is 10.1. The Morgan fingerprint density at radius 3 is 2.38 bits per heavy atom. The Morgan fingerprint density at radius 2 is 1.92 bits per heavy atom. The van der Waals surface area contributed by atoms with Crippen LogP contribution in [-0.2, 0) is 7.05 Å². The van der Waals surface area contributed by atoms with Crippen LogP contribution in [0.5, 0.6) is 5.88 Å². The van der Waals surface area contributed by atoms with E-state index >= 15 is 0 Å². The summed E-state index contributed by atoms with van der Waals surface area (Å²) < 4.78 is 1.07. The minimum Gasteiger partial charge on any atom is -0.494 e. The molecule has 0 amide bonds. The van der Waals surface area contributed by atoms with Crippen LogP contribution in [0.2, 0.25) is 0 Å². The van der Waals surface area contributed by atoms with Gasteiger partial charge in [-0.3, -0.25) is 9.36 Å². The van der Waals surface area contributed by atoms with E-state index in [0.717, 1.165) is 4.57 Å². The molecule has 0 saturated carbocycles. The van der Waals surface area contributed by atoms with E-state index in [9.17, 15) is 9.90 Å². The zero-order chi connectivity index (χ0) is 10.2. The van der Waals surface area contributed by atoms with E-state index in [1.807, 2.05) is 6.07 Å². The molecule has 1 aromatic rings. The van der Waals surface area contributed by atoms with Crippen molar-refractivity contribution in [1.82, 2.24) is 4.57 Å². The van der Waals surface area contributed by atoms with Gasteiger partial charge in [0.05, 0.1) is 0 Å². The minimum absolute atomic E-state index is 0.0819. The summed E-state index contributed by atoms with van der Waals surface area (Å²) in [6.45, 7) is 3.32. The first-order chi connectivity index (χ1) is 6.00. The SMILES string of the molecule is Cc1c(C)c(O)n(C)c(=O)c1C#N. The number of pyridine rings is 1. The minimum atomic E-state index is -0.455. The van der Waals surface area contributed by atoms with E-state index in [1.165, 1.54) is 7.05 Å². The van der Waals surface area contributed by atoms with E-state index in [-0.39, 0.29) is 11.4 Å². The van der Waals surface area contributed by atoms with Gasteiger partial charge in [0.25, 0.3) is 5.56 Å². The molecule has 0 aliphatic heterocycles. The van der Waals surface area contributed by atoms with Crippen molar-refractivity contribution in [3.05, 3.63) is 27.0 Å². The van der Waals surface area contributed by atoms with E-state index in [2.05, 4.69) is 0 Å². The molecule has 13 heavy (non-hydrogen) atoms. The number of aromatic hydroxyl groups is 1. The average Bonchev–Trinajstić information content (AvgIpc) is 2.13. The third-order valence-electron chi connectivity index (χ3n) is 2.22. The molecule has 0 aliphatic rings. The lowest BCUT2D eigenvalue weighted by Crippen LogP contribution is -2.21. The molecule has 1 heterocycles. The number of nitrogens with zero attached hydrogens (tertiary/aromatic N) is 2. The predicted octanol–water partition coefficient (Wildman–Crippen LogP) is 0.579. The van der Waals surface area contributed by atoms with E-state index < -0.39 is 5.56 Å². The summed E-state index contributed by atoms with van der Waals surface area (Å²) in [6.07, 6.45) is 0. The quantitative estimate of drug-likeness (QED) is 0.631. The molecule has 0 bridgehead atoms. The summed E-state index contributed by atoms with van der Waals surface area (Å²) >= 11 is 0. The van der Waals surface area contributed by atoms with Crippen LogP contribution in [0.25, 0.3) is 0 Å². The zero-order valence-electron chi connectivity index (χ0n) is 7.75. The van der Waals surface area contributed by atoms with Gasteiger partial charge in [-0.15, -0.1) is 0 Å². The lowest BCUT2D eigenvalue weighted by Gasteiger charge is -2.08. The van der Waals surface area contributed by atoms with Gasteiger partial charge < -0.3 is 5.11 Å². The number of nitriles is 1. The standard InChI is InChI=1S/C9H10N2O2/c1-5-6(2)8(12)11(3)9(13)7(5)4-10/h12H,1-3H3. The molecular weight excluding hydrogens is 168 g/mol. The van der Waals surface area contributed by atoms with E-state index in [0.29, 0.717) is 11.1 Å². The maximum atomic E-state index is 11.4. The van der Waals surface area contributed by atoms with E-state index in [4.69, 9.17) is 5.26 Å². The maximum absolute atomic E-state index is 11.4. The van der Waals surface area contributed by atoms with Crippen LogP contribution in [-0.4, -0.2) is 9.67 Å². The Bertz CT molecular complexity index is 452. The monoisotopic (exact) mass is 178 g/mol. The second-order valence-electron chi connectivity index (χ2n) is 2.92. The fourth-order valence-corrected chi connectivity index (χ4v) is 1.16. The van der Waals surface area contributed by atoms with Gasteiger partial charge in [0, 0.05) is 12.6 Å². The third-order valence-corrected chi connectivity index (χ3v) is 2.22. The smallest absolute Gasteiger partial charge is 0.271 e. The first-order valence-corrected chi connectivity index (χ1v) is 3.80. The Hall–Kier alpha value is -1.76. The highest BCUT2D eigenvalue weighted by Gasteiger charge is 2.12. The topological polar surface area (TPSA) is 66.0 Å². The summed E-state index contributed by atoms with van der Waals surface area (Å²) in [5.41, 5.74) is 0.752. The van der Waals surface area contributed by atoms with Crippen LogP contribution in [0.3, 0.4) is 0 Å². The fraction of sp³-hybridized carbons (Fsp3) is 0.333. The number of hydrogen-bond acceptors (Lipinski definition) is 3. The molecule has 0 radical (unpaired) electrons. The lowest BCUT2D eigenvalue weighted by molar-refractivity contribution is 0.417. The van der Waals surface area contributed by atoms with Gasteiger partial charge in [-0.1, -0.05) is 0 Å². The van der Waals surface area contributed by atoms with Crippen LogP contribution in [0.1, 0.15) is 16.7 Å². The Labute approximate surface area is 75.7 Å². The molecule has 0 atom stereocenters. The molecule has 0 aromatic carbocycles.